The standard InChI is InChI=1S/C14H24N2O4S/c1-11(17)16(10-14(19)20)12-4-3-7-15(8-5-12)13(18)6-9-21-2/h12H,3-10H2,1-2H3,(H,19,20)/t12-/m0/s1. The Bertz CT molecular complexity index is 389. The number of hydrogen-bond acceptors (Lipinski definition) is 4. The minimum absolute atomic E-state index is 0.0862. The molecule has 0 aromatic rings. The number of aliphatic carboxylic acids is 1. The summed E-state index contributed by atoms with van der Waals surface area (Å²) in [6.07, 6.45) is 4.72. The van der Waals surface area contributed by atoms with Crippen molar-refractivity contribution in [3.8, 4) is 0 Å². The van der Waals surface area contributed by atoms with Gasteiger partial charge < -0.3 is 14.9 Å². The molecule has 0 unspecified atom stereocenters. The summed E-state index contributed by atoms with van der Waals surface area (Å²) in [6.45, 7) is 2.43. The molecule has 7 heteroatoms. The molecule has 0 spiro atoms. The second-order valence-corrected chi connectivity index (χ2v) is 6.23. The number of carbonyl (C=O) groups excluding carboxylic acids is 2. The fourth-order valence-electron chi connectivity index (χ4n) is 2.63. The third-order valence-corrected chi connectivity index (χ3v) is 4.33. The highest BCUT2D eigenvalue weighted by Gasteiger charge is 2.27. The number of rotatable bonds is 6. The van der Waals surface area contributed by atoms with Crippen molar-refractivity contribution in [2.24, 2.45) is 0 Å². The van der Waals surface area contributed by atoms with Gasteiger partial charge in [0.15, 0.2) is 0 Å². The molecule has 1 fully saturated rings. The first kappa shape index (κ1) is 17.8. The third kappa shape index (κ3) is 5.95. The fourth-order valence-corrected chi connectivity index (χ4v) is 3.01. The number of carbonyl (C=O) groups is 3. The van der Waals surface area contributed by atoms with Crippen molar-refractivity contribution < 1.29 is 19.5 Å². The zero-order chi connectivity index (χ0) is 15.8. The van der Waals surface area contributed by atoms with Gasteiger partial charge in [-0.1, -0.05) is 0 Å². The number of likely N-dealkylation sites (tertiary alicyclic amines) is 1. The van der Waals surface area contributed by atoms with Gasteiger partial charge in [0.25, 0.3) is 0 Å². The van der Waals surface area contributed by atoms with E-state index in [1.54, 1.807) is 11.8 Å². The lowest BCUT2D eigenvalue weighted by Gasteiger charge is -2.28. The summed E-state index contributed by atoms with van der Waals surface area (Å²) >= 11 is 1.65. The van der Waals surface area contributed by atoms with Crippen LogP contribution in [-0.2, 0) is 14.4 Å². The highest BCUT2D eigenvalue weighted by atomic mass is 32.2. The van der Waals surface area contributed by atoms with E-state index >= 15 is 0 Å². The summed E-state index contributed by atoms with van der Waals surface area (Å²) in [5.74, 6) is -0.248. The first-order valence-corrected chi connectivity index (χ1v) is 8.60. The molecular weight excluding hydrogens is 292 g/mol. The van der Waals surface area contributed by atoms with Crippen LogP contribution in [0.5, 0.6) is 0 Å². The van der Waals surface area contributed by atoms with Gasteiger partial charge in [-0.05, 0) is 25.5 Å². The van der Waals surface area contributed by atoms with Crippen molar-refractivity contribution in [2.45, 2.75) is 38.6 Å². The molecule has 1 N–H and O–H groups in total. The Balaban J connectivity index is 2.59. The Morgan fingerprint density at radius 2 is 2.00 bits per heavy atom. The average Bonchev–Trinajstić information content (AvgIpc) is 2.67. The third-order valence-electron chi connectivity index (χ3n) is 3.72. The molecule has 120 valence electrons. The van der Waals surface area contributed by atoms with E-state index in [4.69, 9.17) is 5.11 Å². The van der Waals surface area contributed by atoms with Gasteiger partial charge >= 0.3 is 5.97 Å². The van der Waals surface area contributed by atoms with Crippen LogP contribution in [0.25, 0.3) is 0 Å². The summed E-state index contributed by atoms with van der Waals surface area (Å²) in [6, 6.07) is -0.0862. The van der Waals surface area contributed by atoms with Gasteiger partial charge in [-0.3, -0.25) is 14.4 Å². The monoisotopic (exact) mass is 316 g/mol. The first-order valence-electron chi connectivity index (χ1n) is 7.21. The van der Waals surface area contributed by atoms with Crippen LogP contribution in [0.1, 0.15) is 32.6 Å². The van der Waals surface area contributed by atoms with E-state index in [0.29, 0.717) is 25.9 Å². The van der Waals surface area contributed by atoms with Gasteiger partial charge in [0.05, 0.1) is 0 Å². The van der Waals surface area contributed by atoms with E-state index in [1.807, 2.05) is 11.2 Å². The number of thioether (sulfide) groups is 1. The molecule has 0 saturated carbocycles. The molecule has 1 aliphatic rings. The van der Waals surface area contributed by atoms with Crippen LogP contribution in [0.15, 0.2) is 0 Å². The lowest BCUT2D eigenvalue weighted by Crippen LogP contribution is -2.43. The minimum atomic E-state index is -0.998. The van der Waals surface area contributed by atoms with Crippen molar-refractivity contribution in [2.75, 3.05) is 31.6 Å². The quantitative estimate of drug-likeness (QED) is 0.792. The Kier molecular flexibility index (Phi) is 7.56. The number of hydrogen-bond donors (Lipinski definition) is 1. The topological polar surface area (TPSA) is 77.9 Å². The van der Waals surface area contributed by atoms with Gasteiger partial charge in [-0.25, -0.2) is 0 Å². The number of carboxylic acids is 1. The van der Waals surface area contributed by atoms with Gasteiger partial charge in [-0.15, -0.1) is 0 Å². The SMILES string of the molecule is CSCCC(=O)N1CCC[C@H](N(CC(=O)O)C(C)=O)CC1. The Labute approximate surface area is 129 Å². The number of amides is 2. The van der Waals surface area contributed by atoms with Gasteiger partial charge in [0.1, 0.15) is 6.54 Å². The van der Waals surface area contributed by atoms with Crippen LogP contribution in [0.2, 0.25) is 0 Å². The Morgan fingerprint density at radius 3 is 2.57 bits per heavy atom. The highest BCUT2D eigenvalue weighted by molar-refractivity contribution is 7.98. The molecule has 0 radical (unpaired) electrons. The van der Waals surface area contributed by atoms with E-state index < -0.39 is 5.97 Å². The fraction of sp³-hybridized carbons (Fsp3) is 0.786. The molecule has 1 atom stereocenters. The van der Waals surface area contributed by atoms with Crippen molar-refractivity contribution in [3.63, 3.8) is 0 Å². The van der Waals surface area contributed by atoms with E-state index in [9.17, 15) is 14.4 Å². The summed E-state index contributed by atoms with van der Waals surface area (Å²) < 4.78 is 0. The van der Waals surface area contributed by atoms with Crippen molar-refractivity contribution in [3.05, 3.63) is 0 Å². The maximum atomic E-state index is 12.0. The normalized spacial score (nSPS) is 19.0. The van der Waals surface area contributed by atoms with Gasteiger partial charge in [0, 0.05) is 38.2 Å². The second kappa shape index (κ2) is 8.92. The molecule has 0 bridgehead atoms. The zero-order valence-electron chi connectivity index (χ0n) is 12.7. The van der Waals surface area contributed by atoms with Crippen LogP contribution in [0.3, 0.4) is 0 Å². The van der Waals surface area contributed by atoms with Crippen LogP contribution in [-0.4, -0.2) is 70.4 Å². The van der Waals surface area contributed by atoms with Crippen molar-refractivity contribution >= 4 is 29.5 Å². The zero-order valence-corrected chi connectivity index (χ0v) is 13.5. The molecule has 2 amide bonds. The predicted octanol–water partition coefficient (Wildman–Crippen LogP) is 1.05. The molecule has 1 heterocycles. The average molecular weight is 316 g/mol. The molecule has 0 aromatic heterocycles. The molecule has 21 heavy (non-hydrogen) atoms. The Hall–Kier alpha value is -1.24. The minimum Gasteiger partial charge on any atom is -0.480 e. The molecular formula is C14H24N2O4S. The summed E-state index contributed by atoms with van der Waals surface area (Å²) in [5, 5.41) is 8.91. The van der Waals surface area contributed by atoms with Crippen LogP contribution < -0.4 is 0 Å². The summed E-state index contributed by atoms with van der Waals surface area (Å²) in [4.78, 5) is 37.8. The number of nitrogens with zero attached hydrogens (tertiary/aromatic N) is 2. The molecule has 1 saturated heterocycles. The van der Waals surface area contributed by atoms with E-state index in [-0.39, 0.29) is 24.4 Å². The second-order valence-electron chi connectivity index (χ2n) is 5.25. The summed E-state index contributed by atoms with van der Waals surface area (Å²) in [5.41, 5.74) is 0. The van der Waals surface area contributed by atoms with E-state index in [1.165, 1.54) is 11.8 Å². The largest absolute Gasteiger partial charge is 0.480 e. The molecule has 1 aliphatic heterocycles. The lowest BCUT2D eigenvalue weighted by molar-refractivity contribution is -0.145. The lowest BCUT2D eigenvalue weighted by atomic mass is 10.1. The first-order chi connectivity index (χ1) is 9.95. The number of carboxylic acid groups (broad SMARTS) is 1. The van der Waals surface area contributed by atoms with E-state index in [2.05, 4.69) is 0 Å². The Morgan fingerprint density at radius 1 is 1.29 bits per heavy atom. The molecule has 0 aromatic carbocycles. The molecule has 0 aliphatic carbocycles. The maximum Gasteiger partial charge on any atom is 0.323 e. The smallest absolute Gasteiger partial charge is 0.323 e. The van der Waals surface area contributed by atoms with Crippen molar-refractivity contribution in [1.29, 1.82) is 0 Å². The molecule has 1 rings (SSSR count). The van der Waals surface area contributed by atoms with Gasteiger partial charge in [-0.2, -0.15) is 11.8 Å². The van der Waals surface area contributed by atoms with Crippen LogP contribution >= 0.6 is 11.8 Å². The van der Waals surface area contributed by atoms with Crippen LogP contribution in [0.4, 0.5) is 0 Å². The maximum absolute atomic E-state index is 12.0. The van der Waals surface area contributed by atoms with Crippen molar-refractivity contribution in [1.82, 2.24) is 9.80 Å². The van der Waals surface area contributed by atoms with Crippen LogP contribution in [0, 0.1) is 0 Å². The summed E-state index contributed by atoms with van der Waals surface area (Å²) in [7, 11) is 0. The predicted molar refractivity (Wildman–Crippen MR) is 82.2 cm³/mol. The highest BCUT2D eigenvalue weighted by Crippen LogP contribution is 2.18. The van der Waals surface area contributed by atoms with Gasteiger partial charge in [0.2, 0.25) is 11.8 Å². The van der Waals surface area contributed by atoms with E-state index in [0.717, 1.165) is 18.6 Å². The molecule has 6 nitrogen and oxygen atoms in total.